The minimum absolute atomic E-state index is 0.185. The molecule has 1 rings (SSSR count). The maximum atomic E-state index is 7.92. The molecule has 11 heavy (non-hydrogen) atoms. The topological polar surface area (TPSA) is 18.5 Å². The second-order valence-electron chi connectivity index (χ2n) is 3.92. The molecule has 1 fully saturated rings. The van der Waals surface area contributed by atoms with Gasteiger partial charge < -0.3 is 9.47 Å². The van der Waals surface area contributed by atoms with Crippen molar-refractivity contribution in [3.05, 3.63) is 0 Å². The third-order valence-corrected chi connectivity index (χ3v) is 1.38. The minimum atomic E-state index is -1.05. The molecule has 1 aliphatic heterocycles. The highest BCUT2D eigenvalue weighted by Gasteiger charge is 2.26. The summed E-state index contributed by atoms with van der Waals surface area (Å²) in [6.07, 6.45) is -1.71. The van der Waals surface area contributed by atoms with E-state index in [0.717, 1.165) is 0 Å². The smallest absolute Gasteiger partial charge is 0.0840 e. The van der Waals surface area contributed by atoms with Crippen LogP contribution in [0.3, 0.4) is 0 Å². The van der Waals surface area contributed by atoms with Gasteiger partial charge in [0.25, 0.3) is 0 Å². The minimum Gasteiger partial charge on any atom is -0.376 e. The zero-order valence-electron chi connectivity index (χ0n) is 9.73. The second kappa shape index (κ2) is 3.11. The molecule has 0 bridgehead atoms. The molecular weight excluding hydrogens is 140 g/mol. The van der Waals surface area contributed by atoms with Crippen LogP contribution in [0.1, 0.15) is 36.9 Å². The SMILES string of the molecule is [2H]C1(C)CC([2H])(OC(C)(C)C)CO1. The van der Waals surface area contributed by atoms with Crippen LogP contribution in [-0.2, 0) is 9.47 Å². The molecule has 0 aromatic rings. The first-order valence-electron chi connectivity index (χ1n) is 4.96. The number of ether oxygens (including phenoxy) is 2. The van der Waals surface area contributed by atoms with Gasteiger partial charge in [-0.25, -0.2) is 0 Å². The first-order valence-corrected chi connectivity index (χ1v) is 3.96. The molecule has 0 spiro atoms. The van der Waals surface area contributed by atoms with Crippen molar-refractivity contribution >= 4 is 0 Å². The molecule has 0 radical (unpaired) electrons. The van der Waals surface area contributed by atoms with E-state index in [0.29, 0.717) is 6.42 Å². The van der Waals surface area contributed by atoms with E-state index < -0.39 is 12.2 Å². The molecule has 2 atom stereocenters. The number of rotatable bonds is 1. The van der Waals surface area contributed by atoms with Crippen LogP contribution in [0, 0.1) is 0 Å². The van der Waals surface area contributed by atoms with Crippen molar-refractivity contribution in [1.82, 2.24) is 0 Å². The van der Waals surface area contributed by atoms with Gasteiger partial charge in [-0.3, -0.25) is 0 Å². The third-order valence-electron chi connectivity index (χ3n) is 1.38. The predicted octanol–water partition coefficient (Wildman–Crippen LogP) is 1.98. The molecule has 1 saturated heterocycles. The van der Waals surface area contributed by atoms with Gasteiger partial charge in [-0.05, 0) is 27.7 Å². The van der Waals surface area contributed by atoms with E-state index in [1.54, 1.807) is 6.92 Å². The molecule has 1 aliphatic rings. The molecule has 0 aromatic heterocycles. The summed E-state index contributed by atoms with van der Waals surface area (Å²) in [5.41, 5.74) is -0.356. The lowest BCUT2D eigenvalue weighted by Gasteiger charge is -2.23. The molecule has 0 aromatic carbocycles. The fourth-order valence-corrected chi connectivity index (χ4v) is 1.08. The lowest BCUT2D eigenvalue weighted by atomic mass is 10.1. The largest absolute Gasteiger partial charge is 0.376 e. The molecule has 0 saturated carbocycles. The van der Waals surface area contributed by atoms with Crippen LogP contribution in [-0.4, -0.2) is 24.4 Å². The van der Waals surface area contributed by atoms with Gasteiger partial charge in [-0.15, -0.1) is 0 Å². The van der Waals surface area contributed by atoms with Crippen LogP contribution in [0.25, 0.3) is 0 Å². The van der Waals surface area contributed by atoms with Gasteiger partial charge in [-0.1, -0.05) is 0 Å². The van der Waals surface area contributed by atoms with Crippen molar-refractivity contribution in [2.75, 3.05) is 6.61 Å². The van der Waals surface area contributed by atoms with Gasteiger partial charge in [-0.2, -0.15) is 0 Å². The fraction of sp³-hybridized carbons (Fsp3) is 1.00. The Kier molecular flexibility index (Phi) is 1.82. The molecule has 0 aliphatic carbocycles. The Balaban J connectivity index is 2.60. The second-order valence-corrected chi connectivity index (χ2v) is 3.92. The first kappa shape index (κ1) is 6.44. The van der Waals surface area contributed by atoms with Crippen molar-refractivity contribution in [1.29, 1.82) is 0 Å². The van der Waals surface area contributed by atoms with E-state index in [-0.39, 0.29) is 12.2 Å². The van der Waals surface area contributed by atoms with Gasteiger partial charge in [0.05, 0.1) is 27.1 Å². The standard InChI is InChI=1S/C9H18O2/c1-7-5-8(6-10-7)11-9(2,3)4/h7-8H,5-6H2,1-4H3/i7D,8D. The van der Waals surface area contributed by atoms with Crippen LogP contribution in [0.15, 0.2) is 0 Å². The Morgan fingerprint density at radius 1 is 1.55 bits per heavy atom. The Morgan fingerprint density at radius 3 is 2.55 bits per heavy atom. The van der Waals surface area contributed by atoms with E-state index >= 15 is 0 Å². The zero-order chi connectivity index (χ0) is 10.3. The average Bonchev–Trinajstić information content (AvgIpc) is 2.00. The van der Waals surface area contributed by atoms with E-state index in [1.165, 1.54) is 0 Å². The highest BCUT2D eigenvalue weighted by Crippen LogP contribution is 2.20. The molecule has 66 valence electrons. The molecule has 2 unspecified atom stereocenters. The maximum absolute atomic E-state index is 7.92. The summed E-state index contributed by atoms with van der Waals surface area (Å²) >= 11 is 0. The zero-order valence-corrected chi connectivity index (χ0v) is 7.73. The summed E-state index contributed by atoms with van der Waals surface area (Å²) in [5, 5.41) is 0. The number of hydrogen-bond donors (Lipinski definition) is 0. The van der Waals surface area contributed by atoms with Crippen LogP contribution in [0.5, 0.6) is 0 Å². The van der Waals surface area contributed by atoms with Crippen molar-refractivity contribution in [2.45, 2.75) is 51.9 Å². The molecule has 2 heteroatoms. The monoisotopic (exact) mass is 160 g/mol. The van der Waals surface area contributed by atoms with Crippen LogP contribution in [0.2, 0.25) is 0 Å². The summed E-state index contributed by atoms with van der Waals surface area (Å²) in [4.78, 5) is 0. The van der Waals surface area contributed by atoms with Crippen molar-refractivity contribution in [3.63, 3.8) is 0 Å². The summed E-state index contributed by atoms with van der Waals surface area (Å²) in [6, 6.07) is 0. The summed E-state index contributed by atoms with van der Waals surface area (Å²) in [7, 11) is 0. The quantitative estimate of drug-likeness (QED) is 0.584. The highest BCUT2D eigenvalue weighted by molar-refractivity contribution is 4.73. The third kappa shape index (κ3) is 3.21. The maximum Gasteiger partial charge on any atom is 0.0840 e. The fourth-order valence-electron chi connectivity index (χ4n) is 1.08. The van der Waals surface area contributed by atoms with Crippen molar-refractivity contribution in [3.8, 4) is 0 Å². The summed E-state index contributed by atoms with van der Waals surface area (Å²) in [5.74, 6) is 0. The average molecular weight is 160 g/mol. The van der Waals surface area contributed by atoms with Crippen LogP contribution < -0.4 is 0 Å². The van der Waals surface area contributed by atoms with E-state index in [4.69, 9.17) is 12.2 Å². The van der Waals surface area contributed by atoms with Gasteiger partial charge in [0.2, 0.25) is 0 Å². The molecule has 0 N–H and O–H groups in total. The van der Waals surface area contributed by atoms with Gasteiger partial charge >= 0.3 is 0 Å². The molecule has 2 nitrogen and oxygen atoms in total. The Bertz CT molecular complexity index is 198. The Hall–Kier alpha value is -0.0800. The van der Waals surface area contributed by atoms with Crippen molar-refractivity contribution < 1.29 is 12.2 Å². The lowest BCUT2D eigenvalue weighted by Crippen LogP contribution is -2.27. The van der Waals surface area contributed by atoms with E-state index in [1.807, 2.05) is 20.8 Å². The predicted molar refractivity (Wildman–Crippen MR) is 44.7 cm³/mol. The Labute approximate surface area is 71.7 Å². The normalized spacial score (nSPS) is 48.7. The summed E-state index contributed by atoms with van der Waals surface area (Å²) < 4.78 is 26.3. The Morgan fingerprint density at radius 2 is 2.18 bits per heavy atom. The molecule has 0 amide bonds. The lowest BCUT2D eigenvalue weighted by molar-refractivity contribution is -0.0607. The van der Waals surface area contributed by atoms with E-state index in [2.05, 4.69) is 0 Å². The summed E-state index contributed by atoms with van der Waals surface area (Å²) in [6.45, 7) is 7.56. The van der Waals surface area contributed by atoms with Gasteiger partial charge in [0, 0.05) is 6.42 Å². The van der Waals surface area contributed by atoms with Crippen LogP contribution in [0.4, 0.5) is 0 Å². The van der Waals surface area contributed by atoms with Gasteiger partial charge in [0.1, 0.15) is 0 Å². The first-order chi connectivity index (χ1) is 5.62. The van der Waals surface area contributed by atoms with Crippen molar-refractivity contribution in [2.24, 2.45) is 0 Å². The molecule has 1 heterocycles. The number of hydrogen-bond acceptors (Lipinski definition) is 2. The van der Waals surface area contributed by atoms with Crippen LogP contribution >= 0.6 is 0 Å². The van der Waals surface area contributed by atoms with Gasteiger partial charge in [0.15, 0.2) is 0 Å². The highest BCUT2D eigenvalue weighted by atomic mass is 16.6. The molecular formula is C9H18O2. The van der Waals surface area contributed by atoms with E-state index in [9.17, 15) is 0 Å².